The molecule has 0 bridgehead atoms. The van der Waals surface area contributed by atoms with Crippen molar-refractivity contribution in [3.63, 3.8) is 0 Å². The van der Waals surface area contributed by atoms with Crippen LogP contribution in [0, 0.1) is 19.8 Å². The summed E-state index contributed by atoms with van der Waals surface area (Å²) < 4.78 is 0. The van der Waals surface area contributed by atoms with Crippen LogP contribution in [0.2, 0.25) is 0 Å². The van der Waals surface area contributed by atoms with Gasteiger partial charge in [-0.2, -0.15) is 0 Å². The first kappa shape index (κ1) is 18.4. The number of Topliss-reactive ketones (excluding diaryl/α,β-unsaturated/α-hetero) is 1. The van der Waals surface area contributed by atoms with Crippen molar-refractivity contribution >= 4 is 22.6 Å². The average Bonchev–Trinajstić information content (AvgIpc) is 2.73. The standard InChI is InChI=1S/C24H24N2O2/c1-16-8-9-22-20(14-16)21(15-17(2)25-22)24(28)26-12-10-19(11-13-26)23(27)18-6-4-3-5-7-18/h3-9,14-15,19H,10-13H2,1-2H3. The van der Waals surface area contributed by atoms with Gasteiger partial charge in [0.15, 0.2) is 5.78 Å². The maximum atomic E-state index is 13.2. The first-order valence-corrected chi connectivity index (χ1v) is 9.79. The van der Waals surface area contributed by atoms with Gasteiger partial charge in [-0.1, -0.05) is 42.0 Å². The molecule has 1 saturated heterocycles. The molecule has 0 radical (unpaired) electrons. The van der Waals surface area contributed by atoms with Crippen LogP contribution in [0.4, 0.5) is 0 Å². The Morgan fingerprint density at radius 1 is 0.964 bits per heavy atom. The summed E-state index contributed by atoms with van der Waals surface area (Å²) in [6, 6.07) is 17.3. The van der Waals surface area contributed by atoms with Crippen LogP contribution in [0.1, 0.15) is 44.8 Å². The van der Waals surface area contributed by atoms with Crippen molar-refractivity contribution in [1.29, 1.82) is 0 Å². The summed E-state index contributed by atoms with van der Waals surface area (Å²) in [5.74, 6) is 0.213. The normalized spacial score (nSPS) is 15.0. The van der Waals surface area contributed by atoms with Crippen molar-refractivity contribution in [2.45, 2.75) is 26.7 Å². The fraction of sp³-hybridized carbons (Fsp3) is 0.292. The highest BCUT2D eigenvalue weighted by Crippen LogP contribution is 2.26. The number of aromatic nitrogens is 1. The summed E-state index contributed by atoms with van der Waals surface area (Å²) in [5, 5.41) is 0.901. The molecule has 0 unspecified atom stereocenters. The lowest BCUT2D eigenvalue weighted by atomic mass is 9.88. The number of nitrogens with zero attached hydrogens (tertiary/aromatic N) is 2. The van der Waals surface area contributed by atoms with E-state index in [1.54, 1.807) is 0 Å². The van der Waals surface area contributed by atoms with Crippen LogP contribution >= 0.6 is 0 Å². The number of carbonyl (C=O) groups excluding carboxylic acids is 2. The Kier molecular flexibility index (Phi) is 4.95. The minimum absolute atomic E-state index is 0.00962. The molecule has 1 aliphatic rings. The lowest BCUT2D eigenvalue weighted by Gasteiger charge is -2.31. The SMILES string of the molecule is Cc1ccc2nc(C)cc(C(=O)N3CCC(C(=O)c4ccccc4)CC3)c2c1. The Labute approximate surface area is 165 Å². The molecule has 28 heavy (non-hydrogen) atoms. The van der Waals surface area contributed by atoms with Crippen molar-refractivity contribution in [1.82, 2.24) is 9.88 Å². The number of fused-ring (bicyclic) bond motifs is 1. The quantitative estimate of drug-likeness (QED) is 0.632. The Hall–Kier alpha value is -3.01. The summed E-state index contributed by atoms with van der Waals surface area (Å²) in [6.07, 6.45) is 1.42. The van der Waals surface area contributed by atoms with Crippen LogP contribution in [0.5, 0.6) is 0 Å². The highest BCUT2D eigenvalue weighted by atomic mass is 16.2. The van der Waals surface area contributed by atoms with Gasteiger partial charge in [-0.15, -0.1) is 0 Å². The van der Waals surface area contributed by atoms with Gasteiger partial charge >= 0.3 is 0 Å². The van der Waals surface area contributed by atoms with E-state index in [0.29, 0.717) is 31.5 Å². The lowest BCUT2D eigenvalue weighted by Crippen LogP contribution is -2.40. The van der Waals surface area contributed by atoms with E-state index >= 15 is 0 Å². The molecule has 1 aromatic heterocycles. The van der Waals surface area contributed by atoms with Crippen molar-refractivity contribution in [3.05, 3.63) is 77.0 Å². The molecule has 1 aliphatic heterocycles. The molecule has 0 spiro atoms. The number of benzene rings is 2. The van der Waals surface area contributed by atoms with Gasteiger partial charge < -0.3 is 4.90 Å². The van der Waals surface area contributed by atoms with Gasteiger partial charge in [0, 0.05) is 35.7 Å². The second-order valence-corrected chi connectivity index (χ2v) is 7.63. The number of likely N-dealkylation sites (tertiary alicyclic amines) is 1. The molecule has 0 N–H and O–H groups in total. The number of hydrogen-bond donors (Lipinski definition) is 0. The number of hydrogen-bond acceptors (Lipinski definition) is 3. The summed E-state index contributed by atoms with van der Waals surface area (Å²) in [6.45, 7) is 5.16. The predicted octanol–water partition coefficient (Wildman–Crippen LogP) is 4.59. The number of ketones is 1. The number of piperidine rings is 1. The minimum Gasteiger partial charge on any atom is -0.339 e. The summed E-state index contributed by atoms with van der Waals surface area (Å²) in [5.41, 5.74) is 4.27. The molecule has 1 fully saturated rings. The third-order valence-corrected chi connectivity index (χ3v) is 5.53. The first-order chi connectivity index (χ1) is 13.5. The number of carbonyl (C=O) groups is 2. The van der Waals surface area contributed by atoms with E-state index < -0.39 is 0 Å². The highest BCUT2D eigenvalue weighted by Gasteiger charge is 2.29. The van der Waals surface area contributed by atoms with E-state index in [-0.39, 0.29) is 17.6 Å². The van der Waals surface area contributed by atoms with Gasteiger partial charge in [0.2, 0.25) is 0 Å². The third kappa shape index (κ3) is 3.55. The lowest BCUT2D eigenvalue weighted by molar-refractivity contribution is 0.0652. The topological polar surface area (TPSA) is 50.3 Å². The molecular formula is C24H24N2O2. The molecular weight excluding hydrogens is 348 g/mol. The fourth-order valence-electron chi connectivity index (χ4n) is 4.00. The molecule has 0 atom stereocenters. The second-order valence-electron chi connectivity index (χ2n) is 7.63. The van der Waals surface area contributed by atoms with Crippen LogP contribution in [-0.2, 0) is 0 Å². The largest absolute Gasteiger partial charge is 0.339 e. The fourth-order valence-corrected chi connectivity index (χ4v) is 4.00. The molecule has 4 nitrogen and oxygen atoms in total. The van der Waals surface area contributed by atoms with E-state index in [1.165, 1.54) is 0 Å². The molecule has 3 aromatic rings. The van der Waals surface area contributed by atoms with Crippen molar-refractivity contribution in [2.75, 3.05) is 13.1 Å². The van der Waals surface area contributed by atoms with Gasteiger partial charge in [-0.05, 0) is 44.9 Å². The number of pyridine rings is 1. The van der Waals surface area contributed by atoms with E-state index in [0.717, 1.165) is 27.7 Å². The van der Waals surface area contributed by atoms with Crippen LogP contribution in [0.3, 0.4) is 0 Å². The van der Waals surface area contributed by atoms with E-state index in [2.05, 4.69) is 4.98 Å². The zero-order valence-corrected chi connectivity index (χ0v) is 16.3. The van der Waals surface area contributed by atoms with Gasteiger partial charge in [-0.3, -0.25) is 14.6 Å². The Bertz CT molecular complexity index is 1040. The molecule has 0 saturated carbocycles. The molecule has 4 heteroatoms. The zero-order chi connectivity index (χ0) is 19.7. The monoisotopic (exact) mass is 372 g/mol. The summed E-state index contributed by atoms with van der Waals surface area (Å²) >= 11 is 0. The van der Waals surface area contributed by atoms with Gasteiger partial charge in [-0.25, -0.2) is 0 Å². The van der Waals surface area contributed by atoms with Crippen molar-refractivity contribution in [3.8, 4) is 0 Å². The Morgan fingerprint density at radius 3 is 2.39 bits per heavy atom. The van der Waals surface area contributed by atoms with Crippen LogP contribution in [0.25, 0.3) is 10.9 Å². The molecule has 1 amide bonds. The predicted molar refractivity (Wildman–Crippen MR) is 111 cm³/mol. The van der Waals surface area contributed by atoms with E-state index in [4.69, 9.17) is 0 Å². The summed E-state index contributed by atoms with van der Waals surface area (Å²) in [4.78, 5) is 32.4. The van der Waals surface area contributed by atoms with Crippen LogP contribution in [0.15, 0.2) is 54.6 Å². The van der Waals surface area contributed by atoms with E-state index in [9.17, 15) is 9.59 Å². The van der Waals surface area contributed by atoms with Crippen molar-refractivity contribution in [2.24, 2.45) is 5.92 Å². The number of rotatable bonds is 3. The first-order valence-electron chi connectivity index (χ1n) is 9.79. The summed E-state index contributed by atoms with van der Waals surface area (Å²) in [7, 11) is 0. The Balaban J connectivity index is 1.53. The second kappa shape index (κ2) is 7.55. The van der Waals surface area contributed by atoms with E-state index in [1.807, 2.05) is 73.3 Å². The van der Waals surface area contributed by atoms with Gasteiger partial charge in [0.25, 0.3) is 5.91 Å². The van der Waals surface area contributed by atoms with Gasteiger partial charge in [0.1, 0.15) is 0 Å². The third-order valence-electron chi connectivity index (χ3n) is 5.53. The van der Waals surface area contributed by atoms with Gasteiger partial charge in [0.05, 0.1) is 11.1 Å². The maximum Gasteiger partial charge on any atom is 0.254 e. The van der Waals surface area contributed by atoms with Crippen molar-refractivity contribution < 1.29 is 9.59 Å². The number of aryl methyl sites for hydroxylation is 2. The molecule has 2 aromatic carbocycles. The van der Waals surface area contributed by atoms with Crippen LogP contribution in [-0.4, -0.2) is 34.7 Å². The average molecular weight is 372 g/mol. The molecule has 4 rings (SSSR count). The zero-order valence-electron chi connectivity index (χ0n) is 16.3. The Morgan fingerprint density at radius 2 is 1.68 bits per heavy atom. The number of amides is 1. The smallest absolute Gasteiger partial charge is 0.254 e. The van der Waals surface area contributed by atoms with Crippen LogP contribution < -0.4 is 0 Å². The minimum atomic E-state index is -0.00962. The molecule has 2 heterocycles. The molecule has 142 valence electrons. The molecule has 0 aliphatic carbocycles. The highest BCUT2D eigenvalue weighted by molar-refractivity contribution is 6.06. The maximum absolute atomic E-state index is 13.2.